The Bertz CT molecular complexity index is 483. The van der Waals surface area contributed by atoms with Gasteiger partial charge >= 0.3 is 0 Å². The highest BCUT2D eigenvalue weighted by Crippen LogP contribution is 2.29. The summed E-state index contributed by atoms with van der Waals surface area (Å²) in [4.78, 5) is 5.03. The molecule has 0 bridgehead atoms. The van der Waals surface area contributed by atoms with Gasteiger partial charge in [-0.05, 0) is 35.0 Å². The van der Waals surface area contributed by atoms with E-state index in [2.05, 4.69) is 26.1 Å². The number of aliphatic hydroxyl groups excluding tert-OH is 1. The van der Waals surface area contributed by atoms with Crippen LogP contribution in [-0.4, -0.2) is 21.4 Å². The zero-order valence-corrected chi connectivity index (χ0v) is 10.8. The number of hydrogen-bond donors (Lipinski definition) is 2. The molecule has 86 valence electrons. The lowest BCUT2D eigenvalue weighted by atomic mass is 10.2. The monoisotopic (exact) mass is 303 g/mol. The Kier molecular flexibility index (Phi) is 3.38. The second-order valence-electron chi connectivity index (χ2n) is 3.33. The molecular weight excluding hydrogens is 294 g/mol. The third-order valence-electron chi connectivity index (χ3n) is 2.04. The minimum atomic E-state index is -0.719. The molecule has 2 aromatic rings. The molecule has 0 aliphatic carbocycles. The summed E-state index contributed by atoms with van der Waals surface area (Å²) in [5.74, 6) is 0.733. The molecular formula is C9H10BrN3O2S. The number of halogens is 1. The number of hydrogen-bond acceptors (Lipinski definition) is 6. The average Bonchev–Trinajstić information content (AvgIpc) is 2.84. The lowest BCUT2D eigenvalue weighted by molar-refractivity contribution is 0.146. The molecule has 2 rings (SSSR count). The fourth-order valence-electron chi connectivity index (χ4n) is 1.11. The molecule has 0 spiro atoms. The molecule has 0 saturated heterocycles. The van der Waals surface area contributed by atoms with E-state index in [1.54, 1.807) is 6.92 Å². The lowest BCUT2D eigenvalue weighted by Gasteiger charge is -2.08. The Morgan fingerprint density at radius 2 is 2.31 bits per heavy atom. The highest BCUT2D eigenvalue weighted by molar-refractivity contribution is 9.11. The fraction of sp³-hybridized carbons (Fsp3) is 0.333. The van der Waals surface area contributed by atoms with Crippen molar-refractivity contribution in [3.05, 3.63) is 21.8 Å². The Labute approximate surface area is 104 Å². The van der Waals surface area contributed by atoms with Crippen molar-refractivity contribution in [3.63, 3.8) is 0 Å². The molecule has 0 amide bonds. The van der Waals surface area contributed by atoms with Crippen molar-refractivity contribution in [1.29, 1.82) is 0 Å². The number of nitrogens with two attached hydrogens (primary N) is 1. The third-order valence-corrected chi connectivity index (χ3v) is 3.66. The summed E-state index contributed by atoms with van der Waals surface area (Å²) in [6, 6.07) is 3.15. The van der Waals surface area contributed by atoms with Gasteiger partial charge in [-0.25, -0.2) is 0 Å². The minimum Gasteiger partial charge on any atom is -0.391 e. The zero-order chi connectivity index (χ0) is 11.7. The topological polar surface area (TPSA) is 85.2 Å². The normalized spacial score (nSPS) is 15.0. The van der Waals surface area contributed by atoms with Gasteiger partial charge in [0.2, 0.25) is 11.7 Å². The van der Waals surface area contributed by atoms with Gasteiger partial charge in [0.25, 0.3) is 0 Å². The molecule has 3 N–H and O–H groups in total. The molecule has 0 saturated carbocycles. The van der Waals surface area contributed by atoms with E-state index in [4.69, 9.17) is 10.3 Å². The van der Waals surface area contributed by atoms with Gasteiger partial charge in [-0.15, -0.1) is 11.3 Å². The number of thiophene rings is 1. The van der Waals surface area contributed by atoms with E-state index in [0.29, 0.717) is 5.82 Å². The van der Waals surface area contributed by atoms with Crippen LogP contribution in [0.5, 0.6) is 0 Å². The van der Waals surface area contributed by atoms with Crippen molar-refractivity contribution in [3.8, 4) is 10.7 Å². The van der Waals surface area contributed by atoms with Crippen LogP contribution in [0.15, 0.2) is 20.4 Å². The molecule has 0 fully saturated rings. The first kappa shape index (κ1) is 11.7. The first-order valence-corrected chi connectivity index (χ1v) is 6.22. The Hall–Kier alpha value is -0.760. The van der Waals surface area contributed by atoms with E-state index in [0.717, 1.165) is 8.66 Å². The minimum absolute atomic E-state index is 0.245. The quantitative estimate of drug-likeness (QED) is 0.905. The molecule has 0 radical (unpaired) electrons. The van der Waals surface area contributed by atoms with Crippen molar-refractivity contribution in [2.45, 2.75) is 19.1 Å². The molecule has 2 atom stereocenters. The van der Waals surface area contributed by atoms with Gasteiger partial charge in [-0.3, -0.25) is 0 Å². The average molecular weight is 304 g/mol. The first-order valence-electron chi connectivity index (χ1n) is 4.61. The summed E-state index contributed by atoms with van der Waals surface area (Å²) in [5.41, 5.74) is 5.68. The van der Waals surface area contributed by atoms with Crippen LogP contribution in [-0.2, 0) is 0 Å². The van der Waals surface area contributed by atoms with Crippen LogP contribution in [0.1, 0.15) is 18.9 Å². The third kappa shape index (κ3) is 2.32. The summed E-state index contributed by atoms with van der Waals surface area (Å²) >= 11 is 4.86. The summed E-state index contributed by atoms with van der Waals surface area (Å²) in [7, 11) is 0. The Morgan fingerprint density at radius 3 is 2.88 bits per heavy atom. The molecule has 16 heavy (non-hydrogen) atoms. The van der Waals surface area contributed by atoms with E-state index < -0.39 is 12.1 Å². The van der Waals surface area contributed by atoms with Crippen LogP contribution in [0.2, 0.25) is 0 Å². The zero-order valence-electron chi connectivity index (χ0n) is 8.42. The first-order chi connectivity index (χ1) is 7.58. The Balaban J connectivity index is 2.26. The van der Waals surface area contributed by atoms with Crippen LogP contribution >= 0.6 is 27.3 Å². The van der Waals surface area contributed by atoms with Crippen molar-refractivity contribution in [2.24, 2.45) is 5.73 Å². The largest absolute Gasteiger partial charge is 0.391 e. The van der Waals surface area contributed by atoms with E-state index in [9.17, 15) is 5.11 Å². The molecule has 2 aromatic heterocycles. The molecule has 2 heterocycles. The van der Waals surface area contributed by atoms with Gasteiger partial charge in [0.1, 0.15) is 6.04 Å². The highest BCUT2D eigenvalue weighted by atomic mass is 79.9. The molecule has 0 aliphatic rings. The number of rotatable bonds is 3. The van der Waals surface area contributed by atoms with Gasteiger partial charge in [0.05, 0.1) is 14.8 Å². The lowest BCUT2D eigenvalue weighted by Crippen LogP contribution is -2.23. The van der Waals surface area contributed by atoms with Gasteiger partial charge in [-0.1, -0.05) is 5.16 Å². The smallest absolute Gasteiger partial charge is 0.246 e. The molecule has 0 unspecified atom stereocenters. The van der Waals surface area contributed by atoms with Crippen LogP contribution in [0.3, 0.4) is 0 Å². The summed E-state index contributed by atoms with van der Waals surface area (Å²) in [6.07, 6.45) is -0.719. The summed E-state index contributed by atoms with van der Waals surface area (Å²) < 4.78 is 5.99. The fourth-order valence-corrected chi connectivity index (χ4v) is 2.42. The summed E-state index contributed by atoms with van der Waals surface area (Å²) in [6.45, 7) is 1.58. The standard InChI is InChI=1S/C9H10BrN3O2S/c1-4(14)7(11)9-12-8(13-15-9)5-2-3-6(10)16-5/h2-4,7,14H,11H2,1H3/t4-,7+/m1/s1. The van der Waals surface area contributed by atoms with E-state index in [1.807, 2.05) is 12.1 Å². The molecule has 0 aliphatic heterocycles. The molecule has 0 aromatic carbocycles. The molecule has 7 heteroatoms. The van der Waals surface area contributed by atoms with Crippen LogP contribution in [0.25, 0.3) is 10.7 Å². The second-order valence-corrected chi connectivity index (χ2v) is 5.79. The van der Waals surface area contributed by atoms with Crippen LogP contribution in [0.4, 0.5) is 0 Å². The van der Waals surface area contributed by atoms with Gasteiger partial charge in [-0.2, -0.15) is 4.98 Å². The maximum absolute atomic E-state index is 9.30. The maximum atomic E-state index is 9.30. The second kappa shape index (κ2) is 4.62. The van der Waals surface area contributed by atoms with Gasteiger partial charge in [0.15, 0.2) is 0 Å². The van der Waals surface area contributed by atoms with Crippen molar-refractivity contribution >= 4 is 27.3 Å². The Morgan fingerprint density at radius 1 is 1.56 bits per heavy atom. The molecule has 5 nitrogen and oxygen atoms in total. The summed E-state index contributed by atoms with van der Waals surface area (Å²) in [5, 5.41) is 13.1. The highest BCUT2D eigenvalue weighted by Gasteiger charge is 2.20. The predicted molar refractivity (Wildman–Crippen MR) is 63.9 cm³/mol. The van der Waals surface area contributed by atoms with E-state index in [-0.39, 0.29) is 5.89 Å². The maximum Gasteiger partial charge on any atom is 0.246 e. The van der Waals surface area contributed by atoms with Crippen molar-refractivity contribution in [2.75, 3.05) is 0 Å². The van der Waals surface area contributed by atoms with Crippen LogP contribution < -0.4 is 5.73 Å². The van der Waals surface area contributed by atoms with Crippen LogP contribution in [0, 0.1) is 0 Å². The van der Waals surface area contributed by atoms with E-state index >= 15 is 0 Å². The van der Waals surface area contributed by atoms with Crippen molar-refractivity contribution in [1.82, 2.24) is 10.1 Å². The van der Waals surface area contributed by atoms with Crippen molar-refractivity contribution < 1.29 is 9.63 Å². The predicted octanol–water partition coefficient (Wildman–Crippen LogP) is 1.94. The number of aliphatic hydroxyl groups is 1. The van der Waals surface area contributed by atoms with Gasteiger partial charge in [0, 0.05) is 0 Å². The number of aromatic nitrogens is 2. The van der Waals surface area contributed by atoms with E-state index in [1.165, 1.54) is 11.3 Å². The SMILES string of the molecule is C[C@@H](O)[C@H](N)c1nc(-c2ccc(Br)s2)no1. The van der Waals surface area contributed by atoms with Gasteiger partial charge < -0.3 is 15.4 Å². The number of nitrogens with zero attached hydrogens (tertiary/aromatic N) is 2.